The zero-order valence-corrected chi connectivity index (χ0v) is 7.64. The van der Waals surface area contributed by atoms with Gasteiger partial charge in [0, 0.05) is 5.92 Å². The Balaban J connectivity index is 2.03. The van der Waals surface area contributed by atoms with Gasteiger partial charge >= 0.3 is 0 Å². The number of hydrogen-bond acceptors (Lipinski definition) is 1. The van der Waals surface area contributed by atoms with Gasteiger partial charge in [-0.3, -0.25) is 0 Å². The van der Waals surface area contributed by atoms with E-state index in [9.17, 15) is 5.11 Å². The zero-order chi connectivity index (χ0) is 9.54. The van der Waals surface area contributed by atoms with Crippen LogP contribution in [0.15, 0.2) is 59.7 Å². The summed E-state index contributed by atoms with van der Waals surface area (Å²) in [5.41, 5.74) is 3.96. The topological polar surface area (TPSA) is 20.2 Å². The van der Waals surface area contributed by atoms with E-state index < -0.39 is 0 Å². The minimum absolute atomic E-state index is 0.329. The quantitative estimate of drug-likeness (QED) is 0.708. The van der Waals surface area contributed by atoms with Crippen LogP contribution in [0.3, 0.4) is 0 Å². The Hall–Kier alpha value is -1.76. The maximum absolute atomic E-state index is 9.20. The molecule has 2 aliphatic carbocycles. The van der Waals surface area contributed by atoms with Gasteiger partial charge in [0.25, 0.3) is 0 Å². The van der Waals surface area contributed by atoms with Gasteiger partial charge in [-0.15, -0.1) is 0 Å². The van der Waals surface area contributed by atoms with Crippen LogP contribution in [-0.2, 0) is 0 Å². The van der Waals surface area contributed by atoms with E-state index in [4.69, 9.17) is 0 Å². The van der Waals surface area contributed by atoms with Crippen molar-refractivity contribution in [3.8, 4) is 5.75 Å². The second-order valence-electron chi connectivity index (χ2n) is 3.69. The van der Waals surface area contributed by atoms with E-state index in [1.54, 1.807) is 12.1 Å². The van der Waals surface area contributed by atoms with Gasteiger partial charge in [-0.1, -0.05) is 36.4 Å². The van der Waals surface area contributed by atoms with Crippen molar-refractivity contribution < 1.29 is 5.11 Å². The van der Waals surface area contributed by atoms with Gasteiger partial charge in [0.05, 0.1) is 0 Å². The first-order chi connectivity index (χ1) is 6.84. The van der Waals surface area contributed by atoms with E-state index in [0.717, 1.165) is 0 Å². The Morgan fingerprint density at radius 1 is 0.857 bits per heavy atom. The van der Waals surface area contributed by atoms with Crippen molar-refractivity contribution in [1.29, 1.82) is 0 Å². The lowest BCUT2D eigenvalue weighted by atomic mass is 9.93. The smallest absolute Gasteiger partial charge is 0.115 e. The van der Waals surface area contributed by atoms with Crippen molar-refractivity contribution in [2.45, 2.75) is 5.92 Å². The Morgan fingerprint density at radius 3 is 1.93 bits per heavy atom. The molecule has 1 aromatic rings. The van der Waals surface area contributed by atoms with Crippen LogP contribution < -0.4 is 0 Å². The molecule has 0 aromatic heterocycles. The van der Waals surface area contributed by atoms with E-state index in [1.165, 1.54) is 16.7 Å². The highest BCUT2D eigenvalue weighted by Crippen LogP contribution is 2.42. The van der Waals surface area contributed by atoms with Gasteiger partial charge in [0.2, 0.25) is 0 Å². The third-order valence-corrected chi connectivity index (χ3v) is 2.83. The fourth-order valence-electron chi connectivity index (χ4n) is 2.13. The molecule has 0 spiro atoms. The molecule has 1 nitrogen and oxygen atoms in total. The third kappa shape index (κ3) is 0.956. The molecule has 0 fully saturated rings. The van der Waals surface area contributed by atoms with Crippen molar-refractivity contribution in [3.05, 3.63) is 65.3 Å². The molecule has 14 heavy (non-hydrogen) atoms. The summed E-state index contributed by atoms with van der Waals surface area (Å²) >= 11 is 0. The maximum atomic E-state index is 9.20. The van der Waals surface area contributed by atoms with E-state index in [1.807, 2.05) is 12.1 Å². The highest BCUT2D eigenvalue weighted by molar-refractivity contribution is 5.60. The predicted molar refractivity (Wildman–Crippen MR) is 56.2 cm³/mol. The minimum Gasteiger partial charge on any atom is -0.508 e. The Labute approximate surface area is 82.7 Å². The molecular formula is C13H10O. The second kappa shape index (κ2) is 2.61. The standard InChI is InChI=1S/C13H10O/c14-12-7-5-11(6-8-12)13-9-1-2-10(13)4-3-9/h1-8,13-14H. The van der Waals surface area contributed by atoms with Crippen molar-refractivity contribution in [3.63, 3.8) is 0 Å². The van der Waals surface area contributed by atoms with E-state index in [-0.39, 0.29) is 0 Å². The molecule has 0 saturated carbocycles. The summed E-state index contributed by atoms with van der Waals surface area (Å²) < 4.78 is 0. The number of hydrogen-bond donors (Lipinski definition) is 1. The zero-order valence-electron chi connectivity index (χ0n) is 7.64. The Bertz CT molecular complexity index is 439. The monoisotopic (exact) mass is 182 g/mol. The van der Waals surface area contributed by atoms with E-state index in [0.29, 0.717) is 11.7 Å². The predicted octanol–water partition coefficient (Wildman–Crippen LogP) is 2.91. The molecule has 0 aliphatic heterocycles. The number of rotatable bonds is 1. The van der Waals surface area contributed by atoms with Gasteiger partial charge in [-0.25, -0.2) is 0 Å². The molecule has 2 aliphatic rings. The SMILES string of the molecule is Oc1ccc(C2C3=CC=C2C=C3)cc1. The van der Waals surface area contributed by atoms with Crippen LogP contribution in [0.2, 0.25) is 0 Å². The van der Waals surface area contributed by atoms with Crippen molar-refractivity contribution in [2.24, 2.45) is 0 Å². The average molecular weight is 182 g/mol. The van der Waals surface area contributed by atoms with Gasteiger partial charge in [-0.05, 0) is 28.8 Å². The van der Waals surface area contributed by atoms with Crippen LogP contribution in [0, 0.1) is 0 Å². The lowest BCUT2D eigenvalue weighted by Crippen LogP contribution is -1.94. The summed E-state index contributed by atoms with van der Waals surface area (Å²) in [5, 5.41) is 9.20. The fraction of sp³-hybridized carbons (Fsp3) is 0.0769. The lowest BCUT2D eigenvalue weighted by molar-refractivity contribution is 0.475. The maximum Gasteiger partial charge on any atom is 0.115 e. The van der Waals surface area contributed by atoms with Gasteiger partial charge in [0.15, 0.2) is 0 Å². The van der Waals surface area contributed by atoms with E-state index in [2.05, 4.69) is 24.3 Å². The fourth-order valence-corrected chi connectivity index (χ4v) is 2.13. The van der Waals surface area contributed by atoms with E-state index >= 15 is 0 Å². The molecule has 0 heterocycles. The van der Waals surface area contributed by atoms with Crippen LogP contribution in [0.1, 0.15) is 11.5 Å². The molecule has 0 unspecified atom stereocenters. The summed E-state index contributed by atoms with van der Waals surface area (Å²) in [6, 6.07) is 7.46. The molecule has 1 aromatic carbocycles. The first kappa shape index (κ1) is 7.63. The van der Waals surface area contributed by atoms with Crippen molar-refractivity contribution in [1.82, 2.24) is 0 Å². The number of fused-ring (bicyclic) bond motifs is 2. The normalized spacial score (nSPS) is 18.6. The van der Waals surface area contributed by atoms with Crippen LogP contribution in [0.25, 0.3) is 0 Å². The molecule has 0 atom stereocenters. The number of aromatic hydroxyl groups is 1. The van der Waals surface area contributed by atoms with Gasteiger partial charge < -0.3 is 5.11 Å². The van der Waals surface area contributed by atoms with Crippen LogP contribution in [0.4, 0.5) is 0 Å². The Kier molecular flexibility index (Phi) is 1.42. The number of phenolic OH excluding ortho intramolecular Hbond substituents is 1. The van der Waals surface area contributed by atoms with Crippen molar-refractivity contribution >= 4 is 0 Å². The molecule has 0 radical (unpaired) electrons. The van der Waals surface area contributed by atoms with Crippen LogP contribution in [-0.4, -0.2) is 5.11 Å². The van der Waals surface area contributed by atoms with Crippen LogP contribution in [0.5, 0.6) is 5.75 Å². The lowest BCUT2D eigenvalue weighted by Gasteiger charge is -2.10. The first-order valence-corrected chi connectivity index (χ1v) is 4.73. The first-order valence-electron chi connectivity index (χ1n) is 4.73. The number of benzene rings is 1. The van der Waals surface area contributed by atoms with Crippen LogP contribution >= 0.6 is 0 Å². The van der Waals surface area contributed by atoms with Crippen molar-refractivity contribution in [2.75, 3.05) is 0 Å². The molecule has 2 bridgehead atoms. The molecule has 0 saturated heterocycles. The number of allylic oxidation sites excluding steroid dienone is 6. The molecule has 1 N–H and O–H groups in total. The highest BCUT2D eigenvalue weighted by atomic mass is 16.3. The largest absolute Gasteiger partial charge is 0.508 e. The minimum atomic E-state index is 0.329. The average Bonchev–Trinajstić information content (AvgIpc) is 2.78. The molecule has 68 valence electrons. The van der Waals surface area contributed by atoms with Gasteiger partial charge in [0.1, 0.15) is 5.75 Å². The highest BCUT2D eigenvalue weighted by Gasteiger charge is 2.25. The summed E-state index contributed by atoms with van der Waals surface area (Å²) in [6.07, 6.45) is 8.64. The summed E-state index contributed by atoms with van der Waals surface area (Å²) in [6.45, 7) is 0. The third-order valence-electron chi connectivity index (χ3n) is 2.83. The Morgan fingerprint density at radius 2 is 1.43 bits per heavy atom. The summed E-state index contributed by atoms with van der Waals surface area (Å²) in [7, 11) is 0. The molecule has 0 amide bonds. The summed E-state index contributed by atoms with van der Waals surface area (Å²) in [4.78, 5) is 0. The molecule has 3 rings (SSSR count). The second-order valence-corrected chi connectivity index (χ2v) is 3.69. The molecular weight excluding hydrogens is 172 g/mol. The summed E-state index contributed by atoms with van der Waals surface area (Å²) in [5.74, 6) is 0.741. The molecule has 1 heteroatoms. The number of phenols is 1. The van der Waals surface area contributed by atoms with Gasteiger partial charge in [-0.2, -0.15) is 0 Å².